The molecule has 0 aliphatic heterocycles. The van der Waals surface area contributed by atoms with Crippen molar-refractivity contribution in [2.24, 2.45) is 0 Å². The van der Waals surface area contributed by atoms with Crippen molar-refractivity contribution < 1.29 is 0 Å². The molecule has 2 nitrogen and oxygen atoms in total. The largest absolute Gasteiger partial charge is 0.290 e. The van der Waals surface area contributed by atoms with E-state index >= 15 is 0 Å². The number of aryl methyl sites for hydroxylation is 1. The lowest BCUT2D eigenvalue weighted by Gasteiger charge is -2.12. The highest BCUT2D eigenvalue weighted by Crippen LogP contribution is 2.00. The van der Waals surface area contributed by atoms with E-state index in [-0.39, 0.29) is 0 Å². The fourth-order valence-electron chi connectivity index (χ4n) is 1.18. The van der Waals surface area contributed by atoms with Gasteiger partial charge in [0.2, 0.25) is 0 Å². The number of hydrogen-bond donors (Lipinski definition) is 0. The van der Waals surface area contributed by atoms with Crippen molar-refractivity contribution in [1.29, 1.82) is 0 Å². The topological polar surface area (TPSA) is 16.1 Å². The number of terminal acetylenes is 1. The lowest BCUT2D eigenvalue weighted by molar-refractivity contribution is 0.364. The van der Waals surface area contributed by atoms with Crippen LogP contribution in [0.25, 0.3) is 0 Å². The molecule has 0 aliphatic rings. The smallest absolute Gasteiger partial charge is 0.0599 e. The average molecular weight is 174 g/mol. The summed E-state index contributed by atoms with van der Waals surface area (Å²) in [6.07, 6.45) is 5.20. The fourth-order valence-corrected chi connectivity index (χ4v) is 1.18. The Morgan fingerprint density at radius 3 is 2.92 bits per heavy atom. The molecule has 0 atom stereocenters. The maximum Gasteiger partial charge on any atom is 0.0599 e. The van der Waals surface area contributed by atoms with Crippen LogP contribution in [-0.2, 0) is 6.54 Å². The van der Waals surface area contributed by atoms with Gasteiger partial charge in [-0.15, -0.1) is 6.42 Å². The van der Waals surface area contributed by atoms with E-state index in [1.54, 1.807) is 0 Å². The molecule has 0 amide bonds. The zero-order valence-corrected chi connectivity index (χ0v) is 8.12. The van der Waals surface area contributed by atoms with Gasteiger partial charge in [-0.2, -0.15) is 0 Å². The first kappa shape index (κ1) is 9.76. The predicted molar refractivity (Wildman–Crippen MR) is 54.1 cm³/mol. The standard InChI is InChI=1S/C11H14N2/c1-4-8-13(3)9-11-7-5-6-10(2)12-11/h1,5-7H,8-9H2,2-3H3. The van der Waals surface area contributed by atoms with E-state index in [4.69, 9.17) is 6.42 Å². The Hall–Kier alpha value is -1.33. The Bertz CT molecular complexity index is 312. The summed E-state index contributed by atoms with van der Waals surface area (Å²) in [5.41, 5.74) is 2.12. The predicted octanol–water partition coefficient (Wildman–Crippen LogP) is 1.46. The summed E-state index contributed by atoms with van der Waals surface area (Å²) in [6.45, 7) is 3.46. The van der Waals surface area contributed by atoms with Crippen molar-refractivity contribution in [2.45, 2.75) is 13.5 Å². The minimum Gasteiger partial charge on any atom is -0.290 e. The van der Waals surface area contributed by atoms with Crippen molar-refractivity contribution in [3.8, 4) is 12.3 Å². The Labute approximate surface area is 79.6 Å². The van der Waals surface area contributed by atoms with Crippen LogP contribution in [0.4, 0.5) is 0 Å². The van der Waals surface area contributed by atoms with Crippen LogP contribution in [-0.4, -0.2) is 23.5 Å². The van der Waals surface area contributed by atoms with E-state index in [2.05, 4.69) is 15.8 Å². The van der Waals surface area contributed by atoms with Gasteiger partial charge >= 0.3 is 0 Å². The minimum absolute atomic E-state index is 0.662. The van der Waals surface area contributed by atoms with Crippen LogP contribution in [0, 0.1) is 19.3 Å². The number of pyridine rings is 1. The third kappa shape index (κ3) is 3.27. The van der Waals surface area contributed by atoms with Crippen molar-refractivity contribution in [3.05, 3.63) is 29.6 Å². The second-order valence-corrected chi connectivity index (χ2v) is 3.15. The maximum absolute atomic E-state index is 5.20. The highest BCUT2D eigenvalue weighted by Gasteiger charge is 1.98. The molecule has 0 bridgehead atoms. The van der Waals surface area contributed by atoms with Gasteiger partial charge in [0, 0.05) is 12.2 Å². The summed E-state index contributed by atoms with van der Waals surface area (Å²) in [7, 11) is 1.99. The lowest BCUT2D eigenvalue weighted by atomic mass is 10.3. The molecule has 0 aliphatic carbocycles. The Kier molecular flexibility index (Phi) is 3.48. The molecule has 0 N–H and O–H groups in total. The molecule has 1 aromatic heterocycles. The highest BCUT2D eigenvalue weighted by molar-refractivity contribution is 5.09. The second-order valence-electron chi connectivity index (χ2n) is 3.15. The van der Waals surface area contributed by atoms with Gasteiger partial charge in [0.1, 0.15) is 0 Å². The number of rotatable bonds is 3. The fraction of sp³-hybridized carbons (Fsp3) is 0.364. The van der Waals surface area contributed by atoms with Crippen LogP contribution in [0.1, 0.15) is 11.4 Å². The second kappa shape index (κ2) is 4.64. The first-order valence-corrected chi connectivity index (χ1v) is 4.27. The van der Waals surface area contributed by atoms with Gasteiger partial charge in [0.25, 0.3) is 0 Å². The maximum atomic E-state index is 5.20. The number of nitrogens with zero attached hydrogens (tertiary/aromatic N) is 2. The van der Waals surface area contributed by atoms with E-state index in [1.165, 1.54) is 0 Å². The van der Waals surface area contributed by atoms with E-state index in [9.17, 15) is 0 Å². The Balaban J connectivity index is 2.59. The SMILES string of the molecule is C#CCN(C)Cc1cccc(C)n1. The van der Waals surface area contributed by atoms with Crippen LogP contribution in [0.2, 0.25) is 0 Å². The van der Waals surface area contributed by atoms with Gasteiger partial charge in [0.05, 0.1) is 12.2 Å². The number of aromatic nitrogens is 1. The van der Waals surface area contributed by atoms with Gasteiger partial charge in [-0.25, -0.2) is 0 Å². The quantitative estimate of drug-likeness (QED) is 0.645. The Morgan fingerprint density at radius 1 is 1.54 bits per heavy atom. The van der Waals surface area contributed by atoms with Crippen LogP contribution < -0.4 is 0 Å². The third-order valence-electron chi connectivity index (χ3n) is 1.74. The molecule has 1 aromatic rings. The molecule has 0 spiro atoms. The van der Waals surface area contributed by atoms with E-state index in [0.29, 0.717) is 6.54 Å². The van der Waals surface area contributed by atoms with Crippen molar-refractivity contribution in [2.75, 3.05) is 13.6 Å². The summed E-state index contributed by atoms with van der Waals surface area (Å²) < 4.78 is 0. The van der Waals surface area contributed by atoms with Gasteiger partial charge in [-0.3, -0.25) is 9.88 Å². The van der Waals surface area contributed by atoms with Crippen LogP contribution in [0.3, 0.4) is 0 Å². The summed E-state index contributed by atoms with van der Waals surface area (Å²) in [4.78, 5) is 6.44. The summed E-state index contributed by atoms with van der Waals surface area (Å²) >= 11 is 0. The molecular formula is C11H14N2. The van der Waals surface area contributed by atoms with Crippen molar-refractivity contribution in [3.63, 3.8) is 0 Å². The molecule has 1 heterocycles. The number of hydrogen-bond acceptors (Lipinski definition) is 2. The summed E-state index contributed by atoms with van der Waals surface area (Å²) in [5.74, 6) is 2.60. The zero-order chi connectivity index (χ0) is 9.68. The molecule has 0 saturated heterocycles. The molecule has 0 saturated carbocycles. The average Bonchev–Trinajstić information content (AvgIpc) is 2.04. The third-order valence-corrected chi connectivity index (χ3v) is 1.74. The Morgan fingerprint density at radius 2 is 2.31 bits per heavy atom. The van der Waals surface area contributed by atoms with Gasteiger partial charge in [-0.1, -0.05) is 12.0 Å². The van der Waals surface area contributed by atoms with Crippen molar-refractivity contribution in [1.82, 2.24) is 9.88 Å². The van der Waals surface area contributed by atoms with Gasteiger partial charge in [-0.05, 0) is 26.1 Å². The van der Waals surface area contributed by atoms with E-state index in [0.717, 1.165) is 17.9 Å². The minimum atomic E-state index is 0.662. The van der Waals surface area contributed by atoms with Gasteiger partial charge < -0.3 is 0 Å². The summed E-state index contributed by atoms with van der Waals surface area (Å²) in [5, 5.41) is 0. The summed E-state index contributed by atoms with van der Waals surface area (Å²) in [6, 6.07) is 6.02. The monoisotopic (exact) mass is 174 g/mol. The van der Waals surface area contributed by atoms with Crippen LogP contribution >= 0.6 is 0 Å². The van der Waals surface area contributed by atoms with E-state index < -0.39 is 0 Å². The molecule has 68 valence electrons. The normalized spacial score (nSPS) is 10.0. The molecule has 0 unspecified atom stereocenters. The van der Waals surface area contributed by atoms with E-state index in [1.807, 2.05) is 32.2 Å². The zero-order valence-electron chi connectivity index (χ0n) is 8.12. The van der Waals surface area contributed by atoms with Crippen LogP contribution in [0.5, 0.6) is 0 Å². The van der Waals surface area contributed by atoms with Crippen molar-refractivity contribution >= 4 is 0 Å². The molecular weight excluding hydrogens is 160 g/mol. The molecule has 0 aromatic carbocycles. The lowest BCUT2D eigenvalue weighted by Crippen LogP contribution is -2.18. The van der Waals surface area contributed by atoms with Crippen LogP contribution in [0.15, 0.2) is 18.2 Å². The first-order valence-electron chi connectivity index (χ1n) is 4.27. The van der Waals surface area contributed by atoms with Gasteiger partial charge in [0.15, 0.2) is 0 Å². The first-order chi connectivity index (χ1) is 6.22. The molecule has 1 rings (SSSR count). The molecule has 13 heavy (non-hydrogen) atoms. The molecule has 0 radical (unpaired) electrons. The molecule has 2 heteroatoms. The molecule has 0 fully saturated rings. The highest BCUT2D eigenvalue weighted by atomic mass is 15.1.